The van der Waals surface area contributed by atoms with Crippen molar-refractivity contribution in [1.29, 1.82) is 0 Å². The predicted molar refractivity (Wildman–Crippen MR) is 82.9 cm³/mol. The quantitative estimate of drug-likeness (QED) is 0.726. The van der Waals surface area contributed by atoms with Gasteiger partial charge in [-0.1, -0.05) is 6.92 Å². The highest BCUT2D eigenvalue weighted by Gasteiger charge is 2.53. The Bertz CT molecular complexity index is 340. The van der Waals surface area contributed by atoms with Gasteiger partial charge in [0.05, 0.1) is 6.61 Å². The van der Waals surface area contributed by atoms with Crippen LogP contribution in [0.1, 0.15) is 52.9 Å². The minimum absolute atomic E-state index is 0.346. The Hall–Kier alpha value is -0.120. The van der Waals surface area contributed by atoms with Gasteiger partial charge in [-0.2, -0.15) is 0 Å². The molecular weight excluding hydrogens is 248 g/mol. The van der Waals surface area contributed by atoms with Crippen molar-refractivity contribution in [3.05, 3.63) is 0 Å². The van der Waals surface area contributed by atoms with Gasteiger partial charge in [0.1, 0.15) is 0 Å². The summed E-state index contributed by atoms with van der Waals surface area (Å²) in [5.41, 5.74) is 0.711. The molecule has 0 aromatic carbocycles. The second kappa shape index (κ2) is 5.58. The summed E-state index contributed by atoms with van der Waals surface area (Å²) in [6, 6.07) is 0. The monoisotopic (exact) mass is 280 g/mol. The third-order valence-corrected chi connectivity index (χ3v) is 5.88. The summed E-state index contributed by atoms with van der Waals surface area (Å²) in [6.07, 6.45) is 6.81. The molecule has 2 atom stereocenters. The topological polar surface area (TPSA) is 24.5 Å². The van der Waals surface area contributed by atoms with Gasteiger partial charge in [-0.25, -0.2) is 0 Å². The fourth-order valence-electron chi connectivity index (χ4n) is 3.98. The van der Waals surface area contributed by atoms with Gasteiger partial charge in [-0.15, -0.1) is 0 Å². The molecule has 0 radical (unpaired) electrons. The second-order valence-electron chi connectivity index (χ2n) is 7.71. The molecule has 1 aliphatic heterocycles. The number of hydrogen-bond acceptors (Lipinski definition) is 3. The van der Waals surface area contributed by atoms with Crippen LogP contribution < -0.4 is 5.32 Å². The zero-order chi connectivity index (χ0) is 14.2. The van der Waals surface area contributed by atoms with Crippen molar-refractivity contribution in [2.45, 2.75) is 64.0 Å². The van der Waals surface area contributed by atoms with E-state index in [1.807, 2.05) is 0 Å². The number of hydrogen-bond donors (Lipinski definition) is 1. The average molecular weight is 280 g/mol. The molecule has 0 spiro atoms. The molecule has 2 aliphatic carbocycles. The van der Waals surface area contributed by atoms with Crippen LogP contribution in [-0.4, -0.2) is 48.8 Å². The normalized spacial score (nSPS) is 39.1. The van der Waals surface area contributed by atoms with E-state index in [1.54, 1.807) is 0 Å². The number of ether oxygens (including phenoxy) is 1. The molecule has 3 fully saturated rings. The molecule has 3 nitrogen and oxygen atoms in total. The highest BCUT2D eigenvalue weighted by Crippen LogP contribution is 2.48. The summed E-state index contributed by atoms with van der Waals surface area (Å²) >= 11 is 0. The first-order valence-corrected chi connectivity index (χ1v) is 8.66. The third kappa shape index (κ3) is 2.90. The number of piperazine rings is 1. The summed E-state index contributed by atoms with van der Waals surface area (Å²) in [7, 11) is 0. The molecule has 3 rings (SSSR count). The van der Waals surface area contributed by atoms with Gasteiger partial charge in [0, 0.05) is 37.3 Å². The van der Waals surface area contributed by atoms with Gasteiger partial charge in [0.2, 0.25) is 0 Å². The fourth-order valence-corrected chi connectivity index (χ4v) is 3.98. The molecule has 0 aromatic rings. The molecule has 2 saturated carbocycles. The van der Waals surface area contributed by atoms with E-state index in [9.17, 15) is 0 Å². The van der Waals surface area contributed by atoms with Crippen molar-refractivity contribution < 1.29 is 4.74 Å². The van der Waals surface area contributed by atoms with Crippen molar-refractivity contribution in [2.24, 2.45) is 11.8 Å². The van der Waals surface area contributed by atoms with Gasteiger partial charge in [-0.3, -0.25) is 4.90 Å². The van der Waals surface area contributed by atoms with Crippen LogP contribution in [0, 0.1) is 11.8 Å². The summed E-state index contributed by atoms with van der Waals surface area (Å²) in [6.45, 7) is 12.4. The van der Waals surface area contributed by atoms with Gasteiger partial charge in [-0.05, 0) is 57.8 Å². The fraction of sp³-hybridized carbons (Fsp3) is 1.00. The van der Waals surface area contributed by atoms with E-state index in [-0.39, 0.29) is 0 Å². The first-order chi connectivity index (χ1) is 9.58. The predicted octanol–water partition coefficient (Wildman–Crippen LogP) is 2.66. The number of nitrogens with zero attached hydrogens (tertiary/aromatic N) is 1. The van der Waals surface area contributed by atoms with Crippen LogP contribution in [0.3, 0.4) is 0 Å². The molecular formula is C17H32N2O. The smallest absolute Gasteiger partial charge is 0.0593 e. The highest BCUT2D eigenvalue weighted by molar-refractivity contribution is 5.11. The van der Waals surface area contributed by atoms with E-state index in [2.05, 4.69) is 31.0 Å². The Balaban J connectivity index is 1.62. The van der Waals surface area contributed by atoms with Gasteiger partial charge < -0.3 is 10.1 Å². The van der Waals surface area contributed by atoms with Gasteiger partial charge in [0.25, 0.3) is 0 Å². The summed E-state index contributed by atoms with van der Waals surface area (Å²) in [5, 5.41) is 3.92. The summed E-state index contributed by atoms with van der Waals surface area (Å²) < 4.78 is 5.76. The van der Waals surface area contributed by atoms with Gasteiger partial charge >= 0.3 is 0 Å². The second-order valence-corrected chi connectivity index (χ2v) is 7.71. The van der Waals surface area contributed by atoms with Crippen molar-refractivity contribution in [3.8, 4) is 0 Å². The third-order valence-electron chi connectivity index (χ3n) is 5.88. The molecule has 2 unspecified atom stereocenters. The molecule has 1 heterocycles. The van der Waals surface area contributed by atoms with Crippen LogP contribution >= 0.6 is 0 Å². The van der Waals surface area contributed by atoms with Crippen LogP contribution in [0.5, 0.6) is 0 Å². The van der Waals surface area contributed by atoms with E-state index in [4.69, 9.17) is 4.74 Å². The molecule has 1 N–H and O–H groups in total. The molecule has 0 amide bonds. The molecule has 116 valence electrons. The summed E-state index contributed by atoms with van der Waals surface area (Å²) in [4.78, 5) is 2.76. The van der Waals surface area contributed by atoms with Crippen molar-refractivity contribution in [1.82, 2.24) is 10.2 Å². The van der Waals surface area contributed by atoms with E-state index in [1.165, 1.54) is 38.8 Å². The van der Waals surface area contributed by atoms with Gasteiger partial charge in [0.15, 0.2) is 0 Å². The molecule has 0 aromatic heterocycles. The Morgan fingerprint density at radius 3 is 2.40 bits per heavy atom. The lowest BCUT2D eigenvalue weighted by Crippen LogP contribution is -2.70. The average Bonchev–Trinajstić information content (AvgIpc) is 3.31. The van der Waals surface area contributed by atoms with Crippen LogP contribution in [0.25, 0.3) is 0 Å². The van der Waals surface area contributed by atoms with Crippen molar-refractivity contribution in [3.63, 3.8) is 0 Å². The maximum absolute atomic E-state index is 5.76. The zero-order valence-corrected chi connectivity index (χ0v) is 13.6. The van der Waals surface area contributed by atoms with Crippen molar-refractivity contribution >= 4 is 0 Å². The lowest BCUT2D eigenvalue weighted by atomic mass is 9.83. The Morgan fingerprint density at radius 2 is 1.80 bits per heavy atom. The lowest BCUT2D eigenvalue weighted by molar-refractivity contribution is -0.0198. The standard InChI is InChI=1S/C17H32N2O/c1-4-10-20-11-9-19-13-16(2,14-5-6-14)18-12-17(19,3)15-7-8-15/h14-15,18H,4-13H2,1-3H3. The first-order valence-electron chi connectivity index (χ1n) is 8.66. The highest BCUT2D eigenvalue weighted by atomic mass is 16.5. The molecule has 3 heteroatoms. The van der Waals surface area contributed by atoms with Crippen molar-refractivity contribution in [2.75, 3.05) is 32.8 Å². The van der Waals surface area contributed by atoms with Crippen LogP contribution in [0.15, 0.2) is 0 Å². The Labute approximate surface area is 124 Å². The minimum Gasteiger partial charge on any atom is -0.380 e. The van der Waals surface area contributed by atoms with Crippen LogP contribution in [0.4, 0.5) is 0 Å². The van der Waals surface area contributed by atoms with E-state index < -0.39 is 0 Å². The van der Waals surface area contributed by atoms with E-state index in [0.29, 0.717) is 11.1 Å². The minimum atomic E-state index is 0.346. The Morgan fingerprint density at radius 1 is 1.10 bits per heavy atom. The van der Waals surface area contributed by atoms with Crippen LogP contribution in [-0.2, 0) is 4.74 Å². The maximum atomic E-state index is 5.76. The van der Waals surface area contributed by atoms with E-state index >= 15 is 0 Å². The first kappa shape index (κ1) is 14.8. The molecule has 20 heavy (non-hydrogen) atoms. The summed E-state index contributed by atoms with van der Waals surface area (Å²) in [5.74, 6) is 1.82. The lowest BCUT2D eigenvalue weighted by Gasteiger charge is -2.53. The molecule has 1 saturated heterocycles. The zero-order valence-electron chi connectivity index (χ0n) is 13.6. The molecule has 3 aliphatic rings. The van der Waals surface area contributed by atoms with E-state index in [0.717, 1.165) is 38.0 Å². The van der Waals surface area contributed by atoms with Crippen LogP contribution in [0.2, 0.25) is 0 Å². The largest absolute Gasteiger partial charge is 0.380 e. The number of rotatable bonds is 7. The maximum Gasteiger partial charge on any atom is 0.0593 e. The molecule has 0 bridgehead atoms. The number of nitrogens with one attached hydrogen (secondary N) is 1. The Kier molecular flexibility index (Phi) is 4.13. The SMILES string of the molecule is CCCOCCN1CC(C)(C2CC2)NCC1(C)C1CC1.